The summed E-state index contributed by atoms with van der Waals surface area (Å²) in [4.78, 5) is 0. The quantitative estimate of drug-likeness (QED) is 0.283. The predicted octanol–water partition coefficient (Wildman–Crippen LogP) is 3.90. The molecule has 6 aromatic rings. The molecule has 10 heteroatoms. The summed E-state index contributed by atoms with van der Waals surface area (Å²) >= 11 is 0. The molecule has 0 atom stereocenters. The molecule has 7 aliphatic heterocycles. The van der Waals surface area contributed by atoms with Gasteiger partial charge >= 0.3 is 233 Å². The molecule has 0 saturated carbocycles. The van der Waals surface area contributed by atoms with E-state index < -0.39 is 6.39 Å². The number of hydrogen-bond acceptors (Lipinski definition) is 3. The van der Waals surface area contributed by atoms with Crippen molar-refractivity contribution < 1.29 is 9.47 Å². The van der Waals surface area contributed by atoms with Crippen molar-refractivity contribution in [2.45, 2.75) is 0 Å². The third kappa shape index (κ3) is 1.77. The SMILES string of the molecule is [B-]1B2B3B1P23(Nc1ccccc1)c1cccc2c1c1ccc3c4c1n2-c1cccc2c1B4c1c(cccc1O3)O2. The molecule has 2 radical (unpaired) electrons. The molecule has 1 aromatic heterocycles. The van der Waals surface area contributed by atoms with Gasteiger partial charge in [-0.05, 0) is 0 Å². The predicted molar refractivity (Wildman–Crippen MR) is 172 cm³/mol. The van der Waals surface area contributed by atoms with E-state index >= 15 is 0 Å². The second-order valence-corrected chi connectivity index (χ2v) is 17.5. The van der Waals surface area contributed by atoms with Crippen LogP contribution in [0.3, 0.4) is 0 Å². The Bertz CT molecular complexity index is 2220. The van der Waals surface area contributed by atoms with Gasteiger partial charge in [-0.2, -0.15) is 0 Å². The van der Waals surface area contributed by atoms with Crippen molar-refractivity contribution in [2.24, 2.45) is 0 Å². The van der Waals surface area contributed by atoms with E-state index in [1.165, 1.54) is 44.1 Å². The zero-order valence-electron chi connectivity index (χ0n) is 21.3. The fourth-order valence-electron chi connectivity index (χ4n) is 9.41. The van der Waals surface area contributed by atoms with Gasteiger partial charge in [0.05, 0.1) is 0 Å². The standard InChI is InChI=1S/C30H17B5N2O2P/c1-2-7-17(8-3-1)36-40(33-31-34(40)35(33)40)25-14-5-9-19-26(25)18-15-16-24-29-30(18)37(19)20-10-4-11-21-27(20)32(29)28-22(38-21)12-6-13-23(28)39-24/h1-16,36H/q-1. The maximum atomic E-state index is 6.60. The molecule has 7 aliphatic rings. The van der Waals surface area contributed by atoms with E-state index in [1.54, 1.807) is 5.30 Å². The first-order valence-corrected chi connectivity index (χ1v) is 16.7. The number of nitrogens with one attached hydrogen (secondary N) is 1. The van der Waals surface area contributed by atoms with Crippen LogP contribution in [0.25, 0.3) is 27.5 Å². The minimum absolute atomic E-state index is 0.112. The van der Waals surface area contributed by atoms with Gasteiger partial charge in [0.2, 0.25) is 0 Å². The van der Waals surface area contributed by atoms with E-state index in [1.807, 2.05) is 6.07 Å². The topological polar surface area (TPSA) is 35.4 Å². The first-order chi connectivity index (χ1) is 19.8. The van der Waals surface area contributed by atoms with Gasteiger partial charge < -0.3 is 0 Å². The summed E-state index contributed by atoms with van der Waals surface area (Å²) in [7, 11) is 2.61. The van der Waals surface area contributed by atoms with Crippen molar-refractivity contribution >= 4 is 88.0 Å². The van der Waals surface area contributed by atoms with Gasteiger partial charge in [-0.1, -0.05) is 0 Å². The van der Waals surface area contributed by atoms with E-state index in [2.05, 4.69) is 108 Å². The van der Waals surface area contributed by atoms with Crippen molar-refractivity contribution in [3.63, 3.8) is 0 Å². The van der Waals surface area contributed by atoms with Crippen LogP contribution in [-0.2, 0) is 0 Å². The Morgan fingerprint density at radius 1 is 0.675 bits per heavy atom. The molecule has 8 heterocycles. The molecule has 180 valence electrons. The van der Waals surface area contributed by atoms with Crippen molar-refractivity contribution in [1.82, 2.24) is 4.57 Å². The third-order valence-electron chi connectivity index (χ3n) is 11.1. The fraction of sp³-hybridized carbons (Fsp3) is 0. The second-order valence-electron chi connectivity index (χ2n) is 12.3. The minimum atomic E-state index is -2.24. The number of rotatable bonds is 3. The van der Waals surface area contributed by atoms with Crippen LogP contribution < -0.4 is 36.3 Å². The molecule has 0 unspecified atom stereocenters. The summed E-state index contributed by atoms with van der Waals surface area (Å²) in [6.45, 7) is 0.112. The van der Waals surface area contributed by atoms with Gasteiger partial charge in [-0.15, -0.1) is 0 Å². The van der Waals surface area contributed by atoms with Crippen molar-refractivity contribution in [3.8, 4) is 28.7 Å². The molecular weight excluding hydrogens is 505 g/mol. The third-order valence-corrected chi connectivity index (χ3v) is 18.1. The van der Waals surface area contributed by atoms with Gasteiger partial charge in [0.25, 0.3) is 0 Å². The fourth-order valence-corrected chi connectivity index (χ4v) is 17.7. The van der Waals surface area contributed by atoms with Crippen LogP contribution in [0, 0.1) is 0 Å². The Kier molecular flexibility index (Phi) is 2.95. The normalized spacial score (nSPS) is 20.1. The number of hydrogen-bond donors (Lipinski definition) is 1. The summed E-state index contributed by atoms with van der Waals surface area (Å²) < 4.78 is 15.7. The molecule has 4 nitrogen and oxygen atoms in total. The van der Waals surface area contributed by atoms with E-state index in [9.17, 15) is 0 Å². The second kappa shape index (κ2) is 5.89. The average molecular weight is 523 g/mol. The van der Waals surface area contributed by atoms with Crippen molar-refractivity contribution in [1.29, 1.82) is 0 Å². The van der Waals surface area contributed by atoms with Crippen LogP contribution in [0.2, 0.25) is 0 Å². The molecule has 0 amide bonds. The summed E-state index contributed by atoms with van der Waals surface area (Å²) in [5.74, 6) is 3.74. The number of ether oxygens (including phenoxy) is 2. The molecule has 4 saturated heterocycles. The molecular formula is C30H17B5N2O2P-. The Morgan fingerprint density at radius 3 is 2.12 bits per heavy atom. The van der Waals surface area contributed by atoms with Gasteiger partial charge in [0.1, 0.15) is 0 Å². The van der Waals surface area contributed by atoms with Crippen LogP contribution >= 0.6 is 6.39 Å². The monoisotopic (exact) mass is 523 g/mol. The molecule has 13 rings (SSSR count). The van der Waals surface area contributed by atoms with Gasteiger partial charge in [-0.25, -0.2) is 0 Å². The van der Waals surface area contributed by atoms with E-state index in [-0.39, 0.29) is 6.71 Å². The molecule has 1 N–H and O–H groups in total. The van der Waals surface area contributed by atoms with Gasteiger partial charge in [-0.3, -0.25) is 0 Å². The number of aromatic nitrogens is 1. The number of para-hydroxylation sites is 1. The summed E-state index contributed by atoms with van der Waals surface area (Å²) in [6.07, 6.45) is 0.0243. The first kappa shape index (κ1) is 20.0. The number of nitrogens with zero attached hydrogens (tertiary/aromatic N) is 1. The summed E-state index contributed by atoms with van der Waals surface area (Å²) in [5.41, 5.74) is 8.79. The molecule has 2 bridgehead atoms. The molecule has 0 spiro atoms. The average Bonchev–Trinajstić information content (AvgIpc) is 3.55. The Hall–Kier alpha value is -3.95. The van der Waals surface area contributed by atoms with E-state index in [0.717, 1.165) is 47.1 Å². The zero-order chi connectivity index (χ0) is 25.6. The van der Waals surface area contributed by atoms with Gasteiger partial charge in [0.15, 0.2) is 0 Å². The van der Waals surface area contributed by atoms with Crippen molar-refractivity contribution in [3.05, 3.63) is 97.1 Å². The molecule has 0 aliphatic carbocycles. The van der Waals surface area contributed by atoms with Crippen LogP contribution in [0.15, 0.2) is 97.1 Å². The maximum absolute atomic E-state index is 6.60. The van der Waals surface area contributed by atoms with Crippen LogP contribution in [0.1, 0.15) is 0 Å². The summed E-state index contributed by atoms with van der Waals surface area (Å²) in [5, 5.41) is 8.61. The molecule has 40 heavy (non-hydrogen) atoms. The van der Waals surface area contributed by atoms with Crippen LogP contribution in [-0.4, -0.2) is 37.0 Å². The number of fused-ring (bicyclic) bond motifs is 4. The Labute approximate surface area is 232 Å². The van der Waals surface area contributed by atoms with Crippen LogP contribution in [0.5, 0.6) is 23.0 Å². The summed E-state index contributed by atoms with van der Waals surface area (Å²) in [6, 6.07) is 35.3. The van der Waals surface area contributed by atoms with Gasteiger partial charge in [0, 0.05) is 0 Å². The van der Waals surface area contributed by atoms with Crippen LogP contribution in [0.4, 0.5) is 5.69 Å². The number of benzene rings is 5. The van der Waals surface area contributed by atoms with E-state index in [0.29, 0.717) is 0 Å². The Balaban J connectivity index is 1.23. The van der Waals surface area contributed by atoms with Crippen molar-refractivity contribution in [2.75, 3.05) is 5.09 Å². The molecule has 5 aromatic carbocycles. The zero-order valence-corrected chi connectivity index (χ0v) is 22.2. The molecule has 4 fully saturated rings. The Morgan fingerprint density at radius 2 is 1.38 bits per heavy atom. The van der Waals surface area contributed by atoms with E-state index in [4.69, 9.17) is 9.47 Å². The first-order valence-electron chi connectivity index (χ1n) is 14.2. The number of anilines is 1.